The molecule has 148 valence electrons. The molecule has 0 bridgehead atoms. The van der Waals surface area contributed by atoms with Gasteiger partial charge in [-0.2, -0.15) is 0 Å². The Labute approximate surface area is 166 Å². The SMILES string of the molecule is CCN(CCCNC(=O)CCN1C(=O)COc2ccccc21)c1ccccc1. The Hall–Kier alpha value is -3.02. The topological polar surface area (TPSA) is 61.9 Å². The predicted octanol–water partition coefficient (Wildman–Crippen LogP) is 2.83. The summed E-state index contributed by atoms with van der Waals surface area (Å²) in [5.74, 6) is 0.524. The lowest BCUT2D eigenvalue weighted by molar-refractivity contribution is -0.122. The van der Waals surface area contributed by atoms with Gasteiger partial charge >= 0.3 is 0 Å². The Morgan fingerprint density at radius 1 is 1.14 bits per heavy atom. The van der Waals surface area contributed by atoms with Crippen molar-refractivity contribution in [2.45, 2.75) is 19.8 Å². The lowest BCUT2D eigenvalue weighted by atomic mass is 10.2. The van der Waals surface area contributed by atoms with Gasteiger partial charge in [-0.3, -0.25) is 9.59 Å². The number of nitrogens with zero attached hydrogens (tertiary/aromatic N) is 2. The Morgan fingerprint density at radius 3 is 2.68 bits per heavy atom. The van der Waals surface area contributed by atoms with Crippen LogP contribution in [0.2, 0.25) is 0 Å². The number of hydrogen-bond acceptors (Lipinski definition) is 4. The van der Waals surface area contributed by atoms with E-state index in [2.05, 4.69) is 29.3 Å². The third-order valence-corrected chi connectivity index (χ3v) is 4.80. The van der Waals surface area contributed by atoms with Crippen LogP contribution in [-0.4, -0.2) is 44.6 Å². The second-order valence-electron chi connectivity index (χ2n) is 6.67. The normalized spacial score (nSPS) is 12.9. The van der Waals surface area contributed by atoms with Crippen molar-refractivity contribution in [1.82, 2.24) is 5.32 Å². The van der Waals surface area contributed by atoms with Crippen molar-refractivity contribution in [3.63, 3.8) is 0 Å². The van der Waals surface area contributed by atoms with Crippen LogP contribution in [0.25, 0.3) is 0 Å². The highest BCUT2D eigenvalue weighted by molar-refractivity contribution is 5.98. The van der Waals surface area contributed by atoms with Crippen LogP contribution in [0.15, 0.2) is 54.6 Å². The molecule has 3 rings (SSSR count). The number of amides is 2. The van der Waals surface area contributed by atoms with E-state index in [1.165, 1.54) is 5.69 Å². The molecule has 2 aromatic carbocycles. The first-order valence-corrected chi connectivity index (χ1v) is 9.78. The third-order valence-electron chi connectivity index (χ3n) is 4.80. The van der Waals surface area contributed by atoms with Gasteiger partial charge in [0, 0.05) is 38.3 Å². The van der Waals surface area contributed by atoms with Gasteiger partial charge in [0.15, 0.2) is 6.61 Å². The summed E-state index contributed by atoms with van der Waals surface area (Å²) in [5.41, 5.74) is 1.92. The molecule has 0 spiro atoms. The van der Waals surface area contributed by atoms with E-state index in [1.807, 2.05) is 42.5 Å². The van der Waals surface area contributed by atoms with Gasteiger partial charge in [-0.25, -0.2) is 0 Å². The minimum absolute atomic E-state index is 0.0188. The maximum Gasteiger partial charge on any atom is 0.265 e. The molecule has 0 atom stereocenters. The van der Waals surface area contributed by atoms with Gasteiger partial charge in [0.25, 0.3) is 5.91 Å². The molecule has 0 unspecified atom stereocenters. The maximum absolute atomic E-state index is 12.2. The summed E-state index contributed by atoms with van der Waals surface area (Å²) in [5, 5.41) is 2.96. The number of para-hydroxylation sites is 3. The monoisotopic (exact) mass is 381 g/mol. The number of anilines is 2. The summed E-state index contributed by atoms with van der Waals surface area (Å²) < 4.78 is 5.43. The molecule has 1 aliphatic heterocycles. The third kappa shape index (κ3) is 5.03. The Balaban J connectivity index is 1.41. The van der Waals surface area contributed by atoms with Gasteiger partial charge in [-0.05, 0) is 37.6 Å². The molecule has 2 amide bonds. The second-order valence-corrected chi connectivity index (χ2v) is 6.67. The second kappa shape index (κ2) is 9.78. The molecule has 0 aromatic heterocycles. The predicted molar refractivity (Wildman–Crippen MR) is 111 cm³/mol. The Bertz CT molecular complexity index is 795. The van der Waals surface area contributed by atoms with Crippen LogP contribution in [0.1, 0.15) is 19.8 Å². The number of benzene rings is 2. The van der Waals surface area contributed by atoms with Crippen molar-refractivity contribution in [3.8, 4) is 5.75 Å². The van der Waals surface area contributed by atoms with E-state index in [1.54, 1.807) is 4.90 Å². The van der Waals surface area contributed by atoms with E-state index in [0.717, 1.165) is 25.2 Å². The zero-order valence-electron chi connectivity index (χ0n) is 16.3. The molecule has 0 saturated carbocycles. The number of fused-ring (bicyclic) bond motifs is 1. The highest BCUT2D eigenvalue weighted by atomic mass is 16.5. The zero-order chi connectivity index (χ0) is 19.8. The number of ether oxygens (including phenoxy) is 1. The van der Waals surface area contributed by atoms with E-state index in [4.69, 9.17) is 4.74 Å². The summed E-state index contributed by atoms with van der Waals surface area (Å²) in [7, 11) is 0. The fourth-order valence-electron chi connectivity index (χ4n) is 3.31. The molecule has 28 heavy (non-hydrogen) atoms. The van der Waals surface area contributed by atoms with Crippen LogP contribution < -0.4 is 19.9 Å². The number of carbonyl (C=O) groups excluding carboxylic acids is 2. The van der Waals surface area contributed by atoms with Gasteiger partial charge in [-0.15, -0.1) is 0 Å². The fraction of sp³-hybridized carbons (Fsp3) is 0.364. The molecule has 6 heteroatoms. The lowest BCUT2D eigenvalue weighted by Crippen LogP contribution is -2.41. The van der Waals surface area contributed by atoms with E-state index < -0.39 is 0 Å². The summed E-state index contributed by atoms with van der Waals surface area (Å²) in [4.78, 5) is 28.2. The first kappa shape index (κ1) is 19.7. The van der Waals surface area contributed by atoms with Gasteiger partial charge in [0.1, 0.15) is 5.75 Å². The van der Waals surface area contributed by atoms with E-state index in [-0.39, 0.29) is 24.8 Å². The smallest absolute Gasteiger partial charge is 0.265 e. The quantitative estimate of drug-likeness (QED) is 0.679. The molecule has 0 fully saturated rings. The van der Waals surface area contributed by atoms with Crippen LogP contribution in [-0.2, 0) is 9.59 Å². The van der Waals surface area contributed by atoms with Crippen LogP contribution in [0.3, 0.4) is 0 Å². The average molecular weight is 381 g/mol. The van der Waals surface area contributed by atoms with Crippen molar-refractivity contribution >= 4 is 23.2 Å². The molecular weight excluding hydrogens is 354 g/mol. The largest absolute Gasteiger partial charge is 0.482 e. The number of hydrogen-bond donors (Lipinski definition) is 1. The first-order chi connectivity index (χ1) is 13.7. The number of nitrogens with one attached hydrogen (secondary N) is 1. The van der Waals surface area contributed by atoms with Gasteiger partial charge < -0.3 is 19.9 Å². The average Bonchev–Trinajstić information content (AvgIpc) is 2.73. The molecule has 2 aromatic rings. The van der Waals surface area contributed by atoms with Crippen molar-refractivity contribution in [2.75, 3.05) is 42.6 Å². The van der Waals surface area contributed by atoms with E-state index in [0.29, 0.717) is 18.8 Å². The fourth-order valence-corrected chi connectivity index (χ4v) is 3.31. The minimum Gasteiger partial charge on any atom is -0.482 e. The summed E-state index contributed by atoms with van der Waals surface area (Å²) in [6.45, 7) is 4.94. The lowest BCUT2D eigenvalue weighted by Gasteiger charge is -2.29. The van der Waals surface area contributed by atoms with Gasteiger partial charge in [0.2, 0.25) is 5.91 Å². The molecular formula is C22H27N3O3. The van der Waals surface area contributed by atoms with Gasteiger partial charge in [-0.1, -0.05) is 30.3 Å². The minimum atomic E-state index is -0.118. The van der Waals surface area contributed by atoms with Crippen LogP contribution in [0.4, 0.5) is 11.4 Å². The molecule has 1 heterocycles. The maximum atomic E-state index is 12.2. The summed E-state index contributed by atoms with van der Waals surface area (Å²) >= 11 is 0. The number of carbonyl (C=O) groups is 2. The van der Waals surface area contributed by atoms with Gasteiger partial charge in [0.05, 0.1) is 5.69 Å². The number of rotatable bonds is 9. The molecule has 6 nitrogen and oxygen atoms in total. The van der Waals surface area contributed by atoms with Crippen LogP contribution in [0, 0.1) is 0 Å². The highest BCUT2D eigenvalue weighted by Crippen LogP contribution is 2.31. The Morgan fingerprint density at radius 2 is 1.89 bits per heavy atom. The Kier molecular flexibility index (Phi) is 6.89. The van der Waals surface area contributed by atoms with E-state index >= 15 is 0 Å². The van der Waals surface area contributed by atoms with Crippen molar-refractivity contribution < 1.29 is 14.3 Å². The zero-order valence-corrected chi connectivity index (χ0v) is 16.3. The van der Waals surface area contributed by atoms with Crippen LogP contribution >= 0.6 is 0 Å². The molecule has 0 aliphatic carbocycles. The summed E-state index contributed by atoms with van der Waals surface area (Å²) in [6, 6.07) is 17.7. The van der Waals surface area contributed by atoms with Crippen molar-refractivity contribution in [2.24, 2.45) is 0 Å². The molecule has 0 radical (unpaired) electrons. The molecule has 1 aliphatic rings. The van der Waals surface area contributed by atoms with Crippen molar-refractivity contribution in [3.05, 3.63) is 54.6 Å². The summed E-state index contributed by atoms with van der Waals surface area (Å²) in [6.07, 6.45) is 1.14. The first-order valence-electron chi connectivity index (χ1n) is 9.78. The highest BCUT2D eigenvalue weighted by Gasteiger charge is 2.25. The van der Waals surface area contributed by atoms with Crippen molar-refractivity contribution in [1.29, 1.82) is 0 Å². The van der Waals surface area contributed by atoms with E-state index in [9.17, 15) is 9.59 Å². The standard InChI is InChI=1S/C22H27N3O3/c1-2-24(18-9-4-3-5-10-18)15-8-14-23-21(26)13-16-25-19-11-6-7-12-20(19)28-17-22(25)27/h3-7,9-12H,2,8,13-17H2,1H3,(H,23,26). The molecule has 1 N–H and O–H groups in total. The van der Waals surface area contributed by atoms with Crippen LogP contribution in [0.5, 0.6) is 5.75 Å². The molecule has 0 saturated heterocycles.